The van der Waals surface area contributed by atoms with Gasteiger partial charge in [0.1, 0.15) is 11.7 Å². The molecule has 0 aromatic carbocycles. The highest BCUT2D eigenvalue weighted by molar-refractivity contribution is 6.00. The number of hydrogen-bond acceptors (Lipinski definition) is 11. The number of Topliss-reactive ketones (excluding diaryl/α,β-unsaturated/α-hetero) is 1. The van der Waals surface area contributed by atoms with E-state index in [2.05, 4.69) is 0 Å². The van der Waals surface area contributed by atoms with E-state index in [9.17, 15) is 34.5 Å². The molecule has 3 aliphatic carbocycles. The van der Waals surface area contributed by atoms with Crippen molar-refractivity contribution in [1.82, 2.24) is 0 Å². The van der Waals surface area contributed by atoms with Crippen LogP contribution in [0.3, 0.4) is 0 Å². The van der Waals surface area contributed by atoms with Crippen molar-refractivity contribution >= 4 is 23.5 Å². The van der Waals surface area contributed by atoms with Gasteiger partial charge < -0.3 is 34.3 Å². The molecule has 0 aromatic heterocycles. The Kier molecular flexibility index (Phi) is 4.09. The molecular formula is C28H32O11. The van der Waals surface area contributed by atoms with E-state index in [1.807, 2.05) is 0 Å². The average Bonchev–Trinajstić information content (AvgIpc) is 3.19. The van der Waals surface area contributed by atoms with Gasteiger partial charge in [-0.05, 0) is 63.4 Å². The van der Waals surface area contributed by atoms with E-state index < -0.39 is 98.4 Å². The van der Waals surface area contributed by atoms with Crippen LogP contribution in [0.1, 0.15) is 52.9 Å². The molecule has 5 bridgehead atoms. The van der Waals surface area contributed by atoms with Crippen LogP contribution in [0.2, 0.25) is 0 Å². The zero-order chi connectivity index (χ0) is 27.8. The summed E-state index contributed by atoms with van der Waals surface area (Å²) >= 11 is 0. The third-order valence-corrected chi connectivity index (χ3v) is 12.7. The molecule has 5 aliphatic heterocycles. The van der Waals surface area contributed by atoms with E-state index in [-0.39, 0.29) is 38.7 Å². The van der Waals surface area contributed by atoms with Crippen LogP contribution in [0.4, 0.5) is 0 Å². The van der Waals surface area contributed by atoms with E-state index in [1.165, 1.54) is 12.2 Å². The first-order valence-corrected chi connectivity index (χ1v) is 13.8. The lowest BCUT2D eigenvalue weighted by molar-refractivity contribution is -0.382. The topological polar surface area (TPSA) is 166 Å². The maximum absolute atomic E-state index is 14.9. The molecule has 3 N–H and O–H groups in total. The van der Waals surface area contributed by atoms with Crippen LogP contribution in [0.15, 0.2) is 12.2 Å². The molecule has 7 fully saturated rings. The summed E-state index contributed by atoms with van der Waals surface area (Å²) in [5.41, 5.74) is -10.4. The largest absolute Gasteiger partial charge is 0.458 e. The van der Waals surface area contributed by atoms with E-state index >= 15 is 0 Å². The Balaban J connectivity index is 1.43. The molecule has 210 valence electrons. The molecule has 5 saturated heterocycles. The number of esters is 2. The smallest absolute Gasteiger partial charge is 0.342 e. The number of ketones is 2. The lowest BCUT2D eigenvalue weighted by atomic mass is 9.46. The number of carbonyl (C=O) groups is 4. The van der Waals surface area contributed by atoms with Crippen molar-refractivity contribution in [2.24, 2.45) is 34.5 Å². The van der Waals surface area contributed by atoms with Crippen molar-refractivity contribution in [3.63, 3.8) is 0 Å². The predicted molar refractivity (Wildman–Crippen MR) is 125 cm³/mol. The van der Waals surface area contributed by atoms with Crippen LogP contribution in [0, 0.1) is 34.5 Å². The highest BCUT2D eigenvalue weighted by Crippen LogP contribution is 2.75. The van der Waals surface area contributed by atoms with Crippen molar-refractivity contribution in [3.8, 4) is 0 Å². The van der Waals surface area contributed by atoms with Crippen LogP contribution in [-0.4, -0.2) is 85.8 Å². The zero-order valence-electron chi connectivity index (χ0n) is 22.0. The lowest BCUT2D eigenvalue weighted by Crippen LogP contribution is -2.79. The first-order chi connectivity index (χ1) is 18.2. The molecule has 8 rings (SSSR count). The molecule has 11 nitrogen and oxygen atoms in total. The van der Waals surface area contributed by atoms with Crippen LogP contribution in [0.5, 0.6) is 0 Å². The molecule has 13 atom stereocenters. The second-order valence-corrected chi connectivity index (χ2v) is 13.8. The van der Waals surface area contributed by atoms with Gasteiger partial charge in [0.05, 0.1) is 30.0 Å². The Morgan fingerprint density at radius 3 is 2.54 bits per heavy atom. The van der Waals surface area contributed by atoms with E-state index in [0.29, 0.717) is 0 Å². The van der Waals surface area contributed by atoms with Gasteiger partial charge in [0.15, 0.2) is 28.4 Å². The molecule has 8 aliphatic rings. The number of aliphatic hydroxyl groups is 3. The highest BCUT2D eigenvalue weighted by atomic mass is 16.8. The molecule has 0 amide bonds. The van der Waals surface area contributed by atoms with Crippen molar-refractivity contribution in [3.05, 3.63) is 12.2 Å². The molecule has 11 heteroatoms. The summed E-state index contributed by atoms with van der Waals surface area (Å²) in [6.07, 6.45) is 0.491. The van der Waals surface area contributed by atoms with Crippen LogP contribution in [-0.2, 0) is 38.1 Å². The lowest BCUT2D eigenvalue weighted by Gasteiger charge is -2.64. The minimum atomic E-state index is -2.32. The maximum Gasteiger partial charge on any atom is 0.342 e. The van der Waals surface area contributed by atoms with Crippen molar-refractivity contribution in [2.45, 2.75) is 93.3 Å². The van der Waals surface area contributed by atoms with Gasteiger partial charge in [-0.1, -0.05) is 13.0 Å². The monoisotopic (exact) mass is 544 g/mol. The van der Waals surface area contributed by atoms with Gasteiger partial charge in [-0.25, -0.2) is 4.79 Å². The Morgan fingerprint density at radius 2 is 1.79 bits per heavy atom. The highest BCUT2D eigenvalue weighted by Gasteiger charge is 2.93. The number of aliphatic hydroxyl groups excluding tert-OH is 1. The molecule has 39 heavy (non-hydrogen) atoms. The number of fused-ring (bicyclic) bond motifs is 5. The minimum absolute atomic E-state index is 0.0207. The van der Waals surface area contributed by atoms with Crippen LogP contribution in [0.25, 0.3) is 0 Å². The molecular weight excluding hydrogens is 512 g/mol. The average molecular weight is 545 g/mol. The standard InChI is InChI=1S/C28H32O11/c1-22-10-17-24(3)28-18(22)19(31)27(39-28,36-11-14(22)20(32)37-17)13-9-16(30)25(34)7-4-5-15(29)23(25,2)12(13)6-8-26(28,35)21(33)38-24/h4-5,12-14,16-18,30,34-35H,6-11H2,1-3H3/t12-,13+,14-,16+,17+,18-,22+,23-,24-,25-,26-,27-,28-/m0/s1. The summed E-state index contributed by atoms with van der Waals surface area (Å²) in [5.74, 6) is -8.35. The fourth-order valence-corrected chi connectivity index (χ4v) is 10.6. The Bertz CT molecular complexity index is 1330. The first kappa shape index (κ1) is 24.6. The summed E-state index contributed by atoms with van der Waals surface area (Å²) in [6.45, 7) is 4.69. The first-order valence-electron chi connectivity index (χ1n) is 13.8. The number of hydrogen-bond donors (Lipinski definition) is 3. The van der Waals surface area contributed by atoms with E-state index in [0.717, 1.165) is 0 Å². The van der Waals surface area contributed by atoms with Crippen LogP contribution >= 0.6 is 0 Å². The van der Waals surface area contributed by atoms with Gasteiger partial charge in [0.2, 0.25) is 5.79 Å². The molecule has 0 unspecified atom stereocenters. The van der Waals surface area contributed by atoms with Crippen molar-refractivity contribution in [1.29, 1.82) is 0 Å². The second kappa shape index (κ2) is 6.49. The number of carbonyl (C=O) groups excluding carboxylic acids is 4. The van der Waals surface area contributed by atoms with Gasteiger partial charge in [0, 0.05) is 5.92 Å². The van der Waals surface area contributed by atoms with Gasteiger partial charge in [0.25, 0.3) is 0 Å². The quantitative estimate of drug-likeness (QED) is 0.344. The Morgan fingerprint density at radius 1 is 1.05 bits per heavy atom. The molecule has 2 saturated carbocycles. The summed E-state index contributed by atoms with van der Waals surface area (Å²) in [4.78, 5) is 55.5. The summed E-state index contributed by atoms with van der Waals surface area (Å²) in [7, 11) is 0. The maximum atomic E-state index is 14.9. The Hall–Kier alpha value is -2.18. The minimum Gasteiger partial charge on any atom is -0.458 e. The predicted octanol–water partition coefficient (Wildman–Crippen LogP) is -0.277. The summed E-state index contributed by atoms with van der Waals surface area (Å²) in [6, 6.07) is 0. The molecule has 0 radical (unpaired) electrons. The van der Waals surface area contributed by atoms with E-state index in [1.54, 1.807) is 20.8 Å². The second-order valence-electron chi connectivity index (χ2n) is 13.8. The van der Waals surface area contributed by atoms with Crippen molar-refractivity contribution in [2.75, 3.05) is 6.61 Å². The number of ether oxygens (including phenoxy) is 4. The third kappa shape index (κ3) is 2.10. The zero-order valence-corrected chi connectivity index (χ0v) is 22.0. The van der Waals surface area contributed by atoms with Gasteiger partial charge in [-0.15, -0.1) is 0 Å². The number of allylic oxidation sites excluding steroid dienone is 1. The van der Waals surface area contributed by atoms with Gasteiger partial charge >= 0.3 is 11.9 Å². The van der Waals surface area contributed by atoms with E-state index in [4.69, 9.17) is 18.9 Å². The fourth-order valence-electron chi connectivity index (χ4n) is 10.6. The summed E-state index contributed by atoms with van der Waals surface area (Å²) in [5, 5.41) is 35.6. The van der Waals surface area contributed by atoms with Gasteiger partial charge in [-0.2, -0.15) is 0 Å². The molecule has 2 spiro atoms. The Labute approximate surface area is 223 Å². The van der Waals surface area contributed by atoms with Crippen molar-refractivity contribution < 1.29 is 53.4 Å². The van der Waals surface area contributed by atoms with Gasteiger partial charge in [-0.3, -0.25) is 14.4 Å². The normalized spacial score (nSPS) is 62.0. The number of rotatable bonds is 0. The van der Waals surface area contributed by atoms with Crippen LogP contribution < -0.4 is 0 Å². The fraction of sp³-hybridized carbons (Fsp3) is 0.786. The SMILES string of the molecule is C[C@@]12C[C@H]3OC(=O)[C@@H]1CO[C@@]14O[C@@]5([C@H]2C1=O)[C@@]3(C)OC(=O)[C@@]5(O)CC[C@H]1[C@H]4C[C@@H](O)[C@@]2(O)CC=CC(=O)[C@]12C. The molecule has 5 heterocycles. The molecule has 0 aromatic rings. The third-order valence-electron chi connectivity index (χ3n) is 12.7. The summed E-state index contributed by atoms with van der Waals surface area (Å²) < 4.78 is 24.9.